The lowest BCUT2D eigenvalue weighted by molar-refractivity contribution is -0.137. The van der Waals surface area contributed by atoms with Crippen molar-refractivity contribution in [3.8, 4) is 0 Å². The molecule has 2 saturated heterocycles. The summed E-state index contributed by atoms with van der Waals surface area (Å²) in [4.78, 5) is 33.5. The first-order chi connectivity index (χ1) is 19.4. The van der Waals surface area contributed by atoms with Crippen molar-refractivity contribution in [2.75, 3.05) is 59.4 Å². The van der Waals surface area contributed by atoms with Gasteiger partial charge in [-0.2, -0.15) is 13.2 Å². The number of nitrogens with zero attached hydrogens (tertiary/aromatic N) is 4. The Morgan fingerprint density at radius 3 is 2.23 bits per heavy atom. The standard InChI is InChI=1S/C30H37BrF4N4O2.2ClH/c1-3-4-28(40)39-13-11-38(12-14-39)27-19-37(20-27)10-9-22(21-5-7-26(32)8-6-21)18-36(2)29(41)23-15-24(30(33,34)35)17-25(31)16-23;;/h5-8,15-17,22,27H,3-4,9-14,18-20H2,1-2H3;2*1H/t22-;;/m1../s1. The molecule has 2 aromatic rings. The Labute approximate surface area is 271 Å². The second kappa shape index (κ2) is 16.4. The van der Waals surface area contributed by atoms with Gasteiger partial charge in [-0.25, -0.2) is 4.39 Å². The largest absolute Gasteiger partial charge is 0.416 e. The van der Waals surface area contributed by atoms with Gasteiger partial charge in [0, 0.05) is 81.3 Å². The van der Waals surface area contributed by atoms with Crippen molar-refractivity contribution in [3.05, 3.63) is 69.4 Å². The van der Waals surface area contributed by atoms with Gasteiger partial charge < -0.3 is 14.7 Å². The lowest BCUT2D eigenvalue weighted by Gasteiger charge is -2.48. The summed E-state index contributed by atoms with van der Waals surface area (Å²) in [6, 6.07) is 9.85. The number of hydrogen-bond acceptors (Lipinski definition) is 4. The summed E-state index contributed by atoms with van der Waals surface area (Å²) in [5.41, 5.74) is -0.0598. The number of rotatable bonds is 10. The second-order valence-electron chi connectivity index (χ2n) is 11.0. The second-order valence-corrected chi connectivity index (χ2v) is 11.9. The minimum absolute atomic E-state index is 0. The highest BCUT2D eigenvalue weighted by Gasteiger charge is 2.35. The molecule has 0 aromatic heterocycles. The molecule has 0 bridgehead atoms. The van der Waals surface area contributed by atoms with Crippen LogP contribution in [0.1, 0.15) is 53.6 Å². The van der Waals surface area contributed by atoms with Gasteiger partial charge in [0.05, 0.1) is 5.56 Å². The molecule has 0 N–H and O–H groups in total. The smallest absolute Gasteiger partial charge is 0.341 e. The number of likely N-dealkylation sites (N-methyl/N-ethyl adjacent to an activating group) is 1. The van der Waals surface area contributed by atoms with Gasteiger partial charge in [-0.3, -0.25) is 14.5 Å². The number of carbonyl (C=O) groups is 2. The Hall–Kier alpha value is -1.92. The molecule has 2 amide bonds. The van der Waals surface area contributed by atoms with Gasteiger partial charge in [0.15, 0.2) is 0 Å². The molecule has 43 heavy (non-hydrogen) atoms. The number of hydrogen-bond donors (Lipinski definition) is 0. The van der Waals surface area contributed by atoms with Crippen LogP contribution in [-0.4, -0.2) is 96.9 Å². The number of halogens is 7. The Morgan fingerprint density at radius 2 is 1.65 bits per heavy atom. The fraction of sp³-hybridized carbons (Fsp3) is 0.533. The van der Waals surface area contributed by atoms with Gasteiger partial charge in [0.2, 0.25) is 5.91 Å². The van der Waals surface area contributed by atoms with Crippen LogP contribution in [0.25, 0.3) is 0 Å². The third-order valence-corrected chi connectivity index (χ3v) is 8.49. The third-order valence-electron chi connectivity index (χ3n) is 8.03. The number of amides is 2. The van der Waals surface area contributed by atoms with E-state index in [4.69, 9.17) is 0 Å². The van der Waals surface area contributed by atoms with Gasteiger partial charge in [-0.05, 0) is 55.3 Å². The quantitative estimate of drug-likeness (QED) is 0.271. The van der Waals surface area contributed by atoms with E-state index < -0.39 is 17.6 Å². The average Bonchev–Trinajstić information content (AvgIpc) is 2.91. The normalized spacial score (nSPS) is 17.0. The maximum Gasteiger partial charge on any atom is 0.416 e. The highest BCUT2D eigenvalue weighted by Crippen LogP contribution is 2.33. The maximum atomic E-state index is 13.6. The number of benzene rings is 2. The molecule has 2 fully saturated rings. The van der Waals surface area contributed by atoms with E-state index in [2.05, 4.69) is 25.7 Å². The molecule has 0 spiro atoms. The van der Waals surface area contributed by atoms with E-state index in [1.807, 2.05) is 11.8 Å². The number of piperazine rings is 1. The molecule has 2 aliphatic rings. The first-order valence-electron chi connectivity index (χ1n) is 14.1. The zero-order valence-corrected chi connectivity index (χ0v) is 27.5. The molecule has 0 saturated carbocycles. The van der Waals surface area contributed by atoms with Crippen molar-refractivity contribution in [2.45, 2.75) is 44.3 Å². The van der Waals surface area contributed by atoms with Crippen LogP contribution in [0.5, 0.6) is 0 Å². The van der Waals surface area contributed by atoms with Crippen molar-refractivity contribution in [2.24, 2.45) is 0 Å². The zero-order chi connectivity index (χ0) is 29.7. The van der Waals surface area contributed by atoms with Crippen molar-refractivity contribution in [3.63, 3.8) is 0 Å². The van der Waals surface area contributed by atoms with E-state index in [9.17, 15) is 27.2 Å². The van der Waals surface area contributed by atoms with Crippen LogP contribution in [0.15, 0.2) is 46.9 Å². The minimum atomic E-state index is -4.57. The topological polar surface area (TPSA) is 47.1 Å². The summed E-state index contributed by atoms with van der Waals surface area (Å²) < 4.78 is 53.8. The van der Waals surface area contributed by atoms with Crippen molar-refractivity contribution in [1.29, 1.82) is 0 Å². The lowest BCUT2D eigenvalue weighted by Crippen LogP contribution is -2.63. The predicted molar refractivity (Wildman–Crippen MR) is 168 cm³/mol. The van der Waals surface area contributed by atoms with E-state index >= 15 is 0 Å². The molecule has 13 heteroatoms. The Bertz CT molecular complexity index is 1210. The van der Waals surface area contributed by atoms with Crippen LogP contribution in [0.4, 0.5) is 17.6 Å². The highest BCUT2D eigenvalue weighted by atomic mass is 79.9. The van der Waals surface area contributed by atoms with Gasteiger partial charge in [0.1, 0.15) is 5.82 Å². The molecule has 2 aromatic carbocycles. The summed E-state index contributed by atoms with van der Waals surface area (Å²) in [6.45, 7) is 8.22. The monoisotopic (exact) mass is 712 g/mol. The number of likely N-dealkylation sites (tertiary alicyclic amines) is 1. The Morgan fingerprint density at radius 1 is 1.02 bits per heavy atom. The van der Waals surface area contributed by atoms with E-state index in [0.717, 1.165) is 69.9 Å². The van der Waals surface area contributed by atoms with Gasteiger partial charge in [-0.15, -0.1) is 24.8 Å². The Kier molecular flexibility index (Phi) is 14.2. The molecule has 1 atom stereocenters. The lowest BCUT2D eigenvalue weighted by atomic mass is 9.93. The molecule has 0 aliphatic carbocycles. The predicted octanol–water partition coefficient (Wildman–Crippen LogP) is 6.33. The van der Waals surface area contributed by atoms with Crippen LogP contribution in [0, 0.1) is 5.82 Å². The summed E-state index contributed by atoms with van der Waals surface area (Å²) in [5.74, 6) is -0.748. The SMILES string of the molecule is CCCC(=O)N1CCN(C2CN(CC[C@H](CN(C)C(=O)c3cc(Br)cc(C(F)(F)F)c3)c3ccc(F)cc3)C2)CC1.Cl.Cl. The molecule has 0 radical (unpaired) electrons. The average molecular weight is 714 g/mol. The van der Waals surface area contributed by atoms with E-state index in [1.165, 1.54) is 23.1 Å². The van der Waals surface area contributed by atoms with E-state index in [-0.39, 0.29) is 59.0 Å². The zero-order valence-electron chi connectivity index (χ0n) is 24.3. The molecule has 6 nitrogen and oxygen atoms in total. The van der Waals surface area contributed by atoms with Gasteiger partial charge >= 0.3 is 6.18 Å². The molecule has 2 aliphatic heterocycles. The maximum absolute atomic E-state index is 13.6. The summed E-state index contributed by atoms with van der Waals surface area (Å²) in [7, 11) is 1.58. The Balaban J connectivity index is 0.00000323. The molecule has 2 heterocycles. The molecule has 240 valence electrons. The third kappa shape index (κ3) is 10.0. The summed E-state index contributed by atoms with van der Waals surface area (Å²) in [6.07, 6.45) is -2.39. The van der Waals surface area contributed by atoms with Crippen LogP contribution >= 0.6 is 40.7 Å². The molecular formula is C30H39BrCl2F4N4O2. The molecular weight excluding hydrogens is 675 g/mol. The van der Waals surface area contributed by atoms with Crippen LogP contribution in [0.3, 0.4) is 0 Å². The fourth-order valence-electron chi connectivity index (χ4n) is 5.61. The van der Waals surface area contributed by atoms with Crippen LogP contribution in [0.2, 0.25) is 0 Å². The first kappa shape index (κ1) is 37.3. The molecule has 4 rings (SSSR count). The fourth-order valence-corrected chi connectivity index (χ4v) is 6.11. The highest BCUT2D eigenvalue weighted by molar-refractivity contribution is 9.10. The number of carbonyl (C=O) groups excluding carboxylic acids is 2. The summed E-state index contributed by atoms with van der Waals surface area (Å²) >= 11 is 3.09. The first-order valence-corrected chi connectivity index (χ1v) is 14.9. The minimum Gasteiger partial charge on any atom is -0.341 e. The van der Waals surface area contributed by atoms with Gasteiger partial charge in [0.25, 0.3) is 5.91 Å². The van der Waals surface area contributed by atoms with Crippen molar-refractivity contribution < 1.29 is 27.2 Å². The van der Waals surface area contributed by atoms with Crippen molar-refractivity contribution in [1.82, 2.24) is 19.6 Å². The molecule has 0 unspecified atom stereocenters. The number of alkyl halides is 3. The van der Waals surface area contributed by atoms with E-state index in [0.29, 0.717) is 18.9 Å². The van der Waals surface area contributed by atoms with Crippen molar-refractivity contribution >= 4 is 52.6 Å². The van der Waals surface area contributed by atoms with Crippen LogP contribution < -0.4 is 0 Å². The van der Waals surface area contributed by atoms with Crippen LogP contribution in [-0.2, 0) is 11.0 Å². The summed E-state index contributed by atoms with van der Waals surface area (Å²) in [5, 5.41) is 0. The van der Waals surface area contributed by atoms with E-state index in [1.54, 1.807) is 19.2 Å². The van der Waals surface area contributed by atoms with Gasteiger partial charge in [-0.1, -0.05) is 35.0 Å².